The normalized spacial score (nSPS) is 29.3. The molecule has 0 aromatic heterocycles. The highest BCUT2D eigenvalue weighted by molar-refractivity contribution is 6.76. The number of aliphatic hydroxyl groups excluding tert-OH is 1. The second-order valence-corrected chi connectivity index (χ2v) is 12.8. The highest BCUT2D eigenvalue weighted by Crippen LogP contribution is 2.33. The Hall–Kier alpha value is -2.40. The Morgan fingerprint density at radius 1 is 0.762 bits per heavy atom. The van der Waals surface area contributed by atoms with E-state index in [0.717, 1.165) is 0 Å². The number of alkyl halides is 3. The van der Waals surface area contributed by atoms with Gasteiger partial charge in [0.2, 0.25) is 12.2 Å². The van der Waals surface area contributed by atoms with Crippen molar-refractivity contribution in [1.82, 2.24) is 0 Å². The number of rotatable bonds is 5. The third kappa shape index (κ3) is 9.30. The quantitative estimate of drug-likeness (QED) is 0.175. The molecule has 4 rings (SSSR count). The average Bonchev–Trinajstić information content (AvgIpc) is 2.97. The number of hydrogen-bond donors (Lipinski definition) is 2. The molecule has 0 spiro atoms. The summed E-state index contributed by atoms with van der Waals surface area (Å²) < 4.78 is 25.0. The van der Waals surface area contributed by atoms with Crippen molar-refractivity contribution in [3.8, 4) is 0 Å². The second-order valence-electron chi connectivity index (χ2n) is 10.5. The number of aliphatic hydroxyl groups is 1. The summed E-state index contributed by atoms with van der Waals surface area (Å²) in [6, 6.07) is 17.4. The van der Waals surface area contributed by atoms with Crippen molar-refractivity contribution in [2.24, 2.45) is 23.7 Å². The number of hydrogen-bond acceptors (Lipinski definition) is 9. The van der Waals surface area contributed by atoms with Gasteiger partial charge < -0.3 is 28.8 Å². The number of carbonyl (C=O) groups is 2. The van der Waals surface area contributed by atoms with E-state index in [2.05, 4.69) is 0 Å². The van der Waals surface area contributed by atoms with E-state index in [1.165, 1.54) is 0 Å². The van der Waals surface area contributed by atoms with Gasteiger partial charge in [0.05, 0.1) is 24.3 Å². The lowest BCUT2D eigenvalue weighted by Gasteiger charge is -2.39. The Kier molecular flexibility index (Phi) is 12.5. The van der Waals surface area contributed by atoms with E-state index < -0.39 is 46.4 Å². The average molecular weight is 645 g/mol. The number of halogens is 3. The summed E-state index contributed by atoms with van der Waals surface area (Å²) in [5.41, 5.74) is 0.897. The number of ether oxygens (including phenoxy) is 5. The molecular formula is C30H36Cl3NO8. The molecule has 12 heteroatoms. The van der Waals surface area contributed by atoms with Crippen LogP contribution in [0.1, 0.15) is 48.4 Å². The standard InChI is InChI=1S/C16H18Cl3NO4.C14H18O4/c1-9-8-22-14(24-15(20)16(17,18)19)12(10(9)2)23-13(21)11-6-4-3-5-7-11;1-9-8-17-14(16)12(10(9)2)18-13(15)11-6-4-3-5-7-11/h3-7,9-10,12,14,20H,8H2,1-2H3;3-7,9-10,12,14,16H,8H2,1-2H3/t9-,10-,12?,14-;9-,10-,12?,14+/m00/s1. The SMILES string of the molecule is C[C@@H]1C(OC(=O)c2ccccc2)[C@H](O)OC[C@@H]1C.C[C@@H]1C(OC(=O)c2ccccc2)[C@H](OC(=N)C(Cl)(Cl)Cl)OC[C@@H]1C. The van der Waals surface area contributed by atoms with E-state index in [-0.39, 0.29) is 23.7 Å². The number of esters is 2. The summed E-state index contributed by atoms with van der Waals surface area (Å²) in [5, 5.41) is 17.4. The minimum absolute atomic E-state index is 0.0559. The van der Waals surface area contributed by atoms with E-state index in [1.807, 2.05) is 33.8 Å². The molecule has 9 nitrogen and oxygen atoms in total. The van der Waals surface area contributed by atoms with Crippen LogP contribution in [0.15, 0.2) is 60.7 Å². The van der Waals surface area contributed by atoms with Crippen LogP contribution in [0.3, 0.4) is 0 Å². The number of carbonyl (C=O) groups excluding carboxylic acids is 2. The zero-order valence-corrected chi connectivity index (χ0v) is 26.0. The van der Waals surface area contributed by atoms with Crippen LogP contribution < -0.4 is 0 Å². The summed E-state index contributed by atoms with van der Waals surface area (Å²) in [6.45, 7) is 8.75. The molecule has 2 heterocycles. The molecule has 2 unspecified atom stereocenters. The zero-order valence-electron chi connectivity index (χ0n) is 23.7. The van der Waals surface area contributed by atoms with E-state index in [0.29, 0.717) is 24.3 Å². The van der Waals surface area contributed by atoms with Crippen LogP contribution in [0, 0.1) is 29.1 Å². The number of nitrogens with one attached hydrogen (secondary N) is 1. The first kappa shape index (κ1) is 34.1. The maximum atomic E-state index is 12.3. The third-order valence-corrected chi connectivity index (χ3v) is 7.95. The van der Waals surface area contributed by atoms with Crippen LogP contribution in [0.5, 0.6) is 0 Å². The van der Waals surface area contributed by atoms with E-state index in [1.54, 1.807) is 54.6 Å². The lowest BCUT2D eigenvalue weighted by Crippen LogP contribution is -2.49. The lowest BCUT2D eigenvalue weighted by molar-refractivity contribution is -0.218. The first-order chi connectivity index (χ1) is 19.8. The predicted octanol–water partition coefficient (Wildman–Crippen LogP) is 6.04. The molecule has 2 fully saturated rings. The van der Waals surface area contributed by atoms with E-state index in [4.69, 9.17) is 63.9 Å². The molecule has 2 aliphatic rings. The van der Waals surface area contributed by atoms with Crippen molar-refractivity contribution in [3.63, 3.8) is 0 Å². The van der Waals surface area contributed by atoms with Crippen molar-refractivity contribution in [3.05, 3.63) is 71.8 Å². The van der Waals surface area contributed by atoms with Gasteiger partial charge in [-0.1, -0.05) is 98.9 Å². The monoisotopic (exact) mass is 643 g/mol. The largest absolute Gasteiger partial charge is 0.453 e. The summed E-state index contributed by atoms with van der Waals surface area (Å²) in [5.74, 6) is -1.10. The highest BCUT2D eigenvalue weighted by Gasteiger charge is 2.43. The maximum Gasteiger partial charge on any atom is 0.338 e. The van der Waals surface area contributed by atoms with Gasteiger partial charge in [-0.05, 0) is 36.1 Å². The fraction of sp³-hybridized carbons (Fsp3) is 0.500. The Labute approximate surface area is 260 Å². The first-order valence-corrected chi connectivity index (χ1v) is 14.7. The van der Waals surface area contributed by atoms with E-state index in [9.17, 15) is 14.7 Å². The first-order valence-electron chi connectivity index (χ1n) is 13.5. The molecule has 2 aromatic carbocycles. The molecule has 0 bridgehead atoms. The van der Waals surface area contributed by atoms with Crippen LogP contribution in [0.2, 0.25) is 0 Å². The second kappa shape index (κ2) is 15.4. The van der Waals surface area contributed by atoms with Gasteiger partial charge in [0, 0.05) is 11.8 Å². The topological polar surface area (TPSA) is 124 Å². The Bertz CT molecular complexity index is 1180. The molecule has 2 aliphatic heterocycles. The van der Waals surface area contributed by atoms with Gasteiger partial charge in [0.15, 0.2) is 18.5 Å². The Morgan fingerprint density at radius 2 is 1.19 bits per heavy atom. The smallest absolute Gasteiger partial charge is 0.338 e. The van der Waals surface area contributed by atoms with Crippen molar-refractivity contribution in [2.45, 2.75) is 56.3 Å². The molecular weight excluding hydrogens is 609 g/mol. The van der Waals surface area contributed by atoms with Gasteiger partial charge >= 0.3 is 11.9 Å². The minimum Gasteiger partial charge on any atom is -0.453 e. The molecule has 0 saturated carbocycles. The van der Waals surface area contributed by atoms with Crippen molar-refractivity contribution >= 4 is 52.6 Å². The summed E-state index contributed by atoms with van der Waals surface area (Å²) in [7, 11) is 0. The van der Waals surface area contributed by atoms with E-state index >= 15 is 0 Å². The van der Waals surface area contributed by atoms with Gasteiger partial charge in [0.1, 0.15) is 0 Å². The minimum atomic E-state index is -2.01. The molecule has 0 aliphatic carbocycles. The maximum absolute atomic E-state index is 12.3. The van der Waals surface area contributed by atoms with Gasteiger partial charge in [0.25, 0.3) is 3.79 Å². The van der Waals surface area contributed by atoms with Gasteiger partial charge in [-0.2, -0.15) is 0 Å². The Balaban J connectivity index is 0.000000240. The van der Waals surface area contributed by atoms with Crippen LogP contribution >= 0.6 is 34.8 Å². The van der Waals surface area contributed by atoms with Crippen LogP contribution in [-0.4, -0.2) is 64.7 Å². The fourth-order valence-corrected chi connectivity index (χ4v) is 4.42. The summed E-state index contributed by atoms with van der Waals surface area (Å²) >= 11 is 16.9. The predicted molar refractivity (Wildman–Crippen MR) is 159 cm³/mol. The molecule has 8 atom stereocenters. The summed E-state index contributed by atoms with van der Waals surface area (Å²) in [6.07, 6.45) is -3.38. The van der Waals surface area contributed by atoms with Gasteiger partial charge in [-0.25, -0.2) is 9.59 Å². The molecule has 230 valence electrons. The van der Waals surface area contributed by atoms with Crippen LogP contribution in [0.25, 0.3) is 0 Å². The molecule has 2 N–H and O–H groups in total. The molecule has 0 radical (unpaired) electrons. The van der Waals surface area contributed by atoms with Gasteiger partial charge in [-0.3, -0.25) is 5.41 Å². The Morgan fingerprint density at radius 3 is 1.67 bits per heavy atom. The van der Waals surface area contributed by atoms with Crippen LogP contribution in [0.4, 0.5) is 0 Å². The van der Waals surface area contributed by atoms with Gasteiger partial charge in [-0.15, -0.1) is 0 Å². The van der Waals surface area contributed by atoms with Crippen LogP contribution in [-0.2, 0) is 23.7 Å². The molecule has 2 saturated heterocycles. The van der Waals surface area contributed by atoms with Crippen molar-refractivity contribution < 1.29 is 38.4 Å². The molecule has 0 amide bonds. The molecule has 42 heavy (non-hydrogen) atoms. The van der Waals surface area contributed by atoms with Crippen molar-refractivity contribution in [1.29, 1.82) is 5.41 Å². The zero-order chi connectivity index (χ0) is 31.0. The number of benzene rings is 2. The third-order valence-electron chi connectivity index (χ3n) is 7.43. The van der Waals surface area contributed by atoms with Crippen molar-refractivity contribution in [2.75, 3.05) is 13.2 Å². The highest BCUT2D eigenvalue weighted by atomic mass is 35.6. The fourth-order valence-electron chi connectivity index (χ4n) is 4.29. The molecule has 2 aromatic rings. The summed E-state index contributed by atoms with van der Waals surface area (Å²) in [4.78, 5) is 24.2. The lowest BCUT2D eigenvalue weighted by atomic mass is 9.88.